The lowest BCUT2D eigenvalue weighted by atomic mass is 10.1. The molecule has 2 rings (SSSR count). The summed E-state index contributed by atoms with van der Waals surface area (Å²) in [6.07, 6.45) is 0.750. The van der Waals surface area contributed by atoms with Gasteiger partial charge < -0.3 is 15.0 Å². The molecule has 1 aromatic rings. The van der Waals surface area contributed by atoms with E-state index in [-0.39, 0.29) is 23.6 Å². The van der Waals surface area contributed by atoms with Crippen LogP contribution in [0.15, 0.2) is 18.3 Å². The Morgan fingerprint density at radius 2 is 2.28 bits per heavy atom. The Morgan fingerprint density at radius 3 is 2.83 bits per heavy atom. The van der Waals surface area contributed by atoms with Gasteiger partial charge in [-0.25, -0.2) is 8.78 Å². The minimum atomic E-state index is -2.49. The summed E-state index contributed by atoms with van der Waals surface area (Å²) < 4.78 is 25.8. The van der Waals surface area contributed by atoms with Gasteiger partial charge in [-0.15, -0.1) is 0 Å². The zero-order valence-corrected chi connectivity index (χ0v) is 9.90. The van der Waals surface area contributed by atoms with Gasteiger partial charge in [-0.05, 0) is 25.0 Å². The molecule has 0 aliphatic heterocycles. The fourth-order valence-electron chi connectivity index (χ4n) is 1.85. The molecule has 0 unspecified atom stereocenters. The van der Waals surface area contributed by atoms with Gasteiger partial charge in [0.25, 0.3) is 12.3 Å². The molecule has 2 N–H and O–H groups in total. The molecule has 1 aliphatic rings. The van der Waals surface area contributed by atoms with Crippen LogP contribution < -0.4 is 5.32 Å². The summed E-state index contributed by atoms with van der Waals surface area (Å²) in [7, 11) is 0. The van der Waals surface area contributed by atoms with E-state index >= 15 is 0 Å². The van der Waals surface area contributed by atoms with Crippen molar-refractivity contribution in [2.75, 3.05) is 13.2 Å². The topological polar surface area (TPSA) is 54.3 Å². The number of halogens is 2. The Kier molecular flexibility index (Phi) is 3.65. The average Bonchev–Trinajstić information content (AvgIpc) is 2.98. The van der Waals surface area contributed by atoms with Crippen LogP contribution in [0.25, 0.3) is 0 Å². The molecule has 6 heteroatoms. The van der Waals surface area contributed by atoms with Crippen molar-refractivity contribution in [3.63, 3.8) is 0 Å². The number of hydrogen-bond donors (Lipinski definition) is 2. The molecule has 1 amide bonds. The lowest BCUT2D eigenvalue weighted by molar-refractivity contribution is 0.0913. The number of aliphatic hydroxyl groups excluding tert-OH is 1. The van der Waals surface area contributed by atoms with Crippen LogP contribution in [0.5, 0.6) is 0 Å². The van der Waals surface area contributed by atoms with Crippen LogP contribution in [0.2, 0.25) is 0 Å². The van der Waals surface area contributed by atoms with Gasteiger partial charge >= 0.3 is 0 Å². The first kappa shape index (κ1) is 13.0. The van der Waals surface area contributed by atoms with Gasteiger partial charge in [0.05, 0.1) is 13.2 Å². The van der Waals surface area contributed by atoms with Crippen LogP contribution in [-0.4, -0.2) is 35.2 Å². The number of aliphatic hydroxyl groups is 1. The number of amides is 1. The monoisotopic (exact) mass is 258 g/mol. The third-order valence-corrected chi connectivity index (χ3v) is 3.31. The summed E-state index contributed by atoms with van der Waals surface area (Å²) in [5.74, 6) is -0.375. The second-order valence-electron chi connectivity index (χ2n) is 4.78. The number of nitrogens with zero attached hydrogens (tertiary/aromatic N) is 1. The third kappa shape index (κ3) is 2.87. The Balaban J connectivity index is 1.94. The van der Waals surface area contributed by atoms with E-state index in [1.54, 1.807) is 6.07 Å². The molecule has 18 heavy (non-hydrogen) atoms. The maximum absolute atomic E-state index is 12.3. The van der Waals surface area contributed by atoms with E-state index in [4.69, 9.17) is 5.11 Å². The van der Waals surface area contributed by atoms with E-state index < -0.39 is 13.0 Å². The fourth-order valence-corrected chi connectivity index (χ4v) is 1.85. The lowest BCUT2D eigenvalue weighted by Crippen LogP contribution is -2.33. The van der Waals surface area contributed by atoms with Crippen molar-refractivity contribution >= 4 is 5.91 Å². The molecule has 0 atom stereocenters. The highest BCUT2D eigenvalue weighted by Crippen LogP contribution is 2.44. The summed E-state index contributed by atoms with van der Waals surface area (Å²) >= 11 is 0. The predicted octanol–water partition coefficient (Wildman–Crippen LogP) is 1.26. The molecule has 1 aliphatic carbocycles. The highest BCUT2D eigenvalue weighted by atomic mass is 19.3. The predicted molar refractivity (Wildman–Crippen MR) is 61.5 cm³/mol. The molecule has 4 nitrogen and oxygen atoms in total. The SMILES string of the molecule is O=C(NCC1(CO)CC1)c1cccn1CC(F)F. The molecule has 1 fully saturated rings. The van der Waals surface area contributed by atoms with Gasteiger partial charge in [-0.2, -0.15) is 0 Å². The molecular formula is C12H16F2N2O2. The Bertz CT molecular complexity index is 427. The summed E-state index contributed by atoms with van der Waals surface area (Å²) in [4.78, 5) is 11.8. The Morgan fingerprint density at radius 1 is 1.56 bits per heavy atom. The van der Waals surface area contributed by atoms with Crippen LogP contribution >= 0.6 is 0 Å². The fraction of sp³-hybridized carbons (Fsp3) is 0.583. The van der Waals surface area contributed by atoms with Gasteiger partial charge in [-0.1, -0.05) is 0 Å². The van der Waals surface area contributed by atoms with E-state index in [9.17, 15) is 13.6 Å². The maximum Gasteiger partial charge on any atom is 0.267 e. The Labute approximate surface area is 104 Å². The smallest absolute Gasteiger partial charge is 0.267 e. The minimum absolute atomic E-state index is 0.0470. The summed E-state index contributed by atoms with van der Waals surface area (Å²) in [6, 6.07) is 3.08. The number of hydrogen-bond acceptors (Lipinski definition) is 2. The molecule has 0 saturated heterocycles. The van der Waals surface area contributed by atoms with Crippen molar-refractivity contribution in [2.45, 2.75) is 25.8 Å². The average molecular weight is 258 g/mol. The molecule has 0 spiro atoms. The highest BCUT2D eigenvalue weighted by molar-refractivity contribution is 5.92. The van der Waals surface area contributed by atoms with E-state index in [2.05, 4.69) is 5.32 Å². The number of nitrogens with one attached hydrogen (secondary N) is 1. The van der Waals surface area contributed by atoms with Gasteiger partial charge in [0.2, 0.25) is 0 Å². The number of aromatic nitrogens is 1. The first-order chi connectivity index (χ1) is 8.56. The quantitative estimate of drug-likeness (QED) is 0.807. The van der Waals surface area contributed by atoms with Gasteiger partial charge in [-0.3, -0.25) is 4.79 Å². The van der Waals surface area contributed by atoms with E-state index in [1.807, 2.05) is 0 Å². The third-order valence-electron chi connectivity index (χ3n) is 3.31. The second kappa shape index (κ2) is 5.06. The standard InChI is InChI=1S/C12H16F2N2O2/c13-10(14)6-16-5-1-2-9(16)11(18)15-7-12(8-17)3-4-12/h1-2,5,10,17H,3-4,6-8H2,(H,15,18). The molecule has 1 aromatic heterocycles. The first-order valence-corrected chi connectivity index (χ1v) is 5.89. The van der Waals surface area contributed by atoms with Crippen molar-refractivity contribution < 1.29 is 18.7 Å². The zero-order valence-electron chi connectivity index (χ0n) is 9.90. The molecular weight excluding hydrogens is 242 g/mol. The molecule has 0 bridgehead atoms. The molecule has 100 valence electrons. The van der Waals surface area contributed by atoms with Crippen molar-refractivity contribution in [3.05, 3.63) is 24.0 Å². The van der Waals surface area contributed by atoms with Crippen LogP contribution in [0.3, 0.4) is 0 Å². The van der Waals surface area contributed by atoms with Crippen molar-refractivity contribution in [1.82, 2.24) is 9.88 Å². The van der Waals surface area contributed by atoms with Gasteiger partial charge in [0.15, 0.2) is 0 Å². The molecule has 0 radical (unpaired) electrons. The van der Waals surface area contributed by atoms with Crippen LogP contribution in [-0.2, 0) is 6.54 Å². The number of carbonyl (C=O) groups excluding carboxylic acids is 1. The van der Waals surface area contributed by atoms with Gasteiger partial charge in [0.1, 0.15) is 5.69 Å². The minimum Gasteiger partial charge on any atom is -0.396 e. The zero-order chi connectivity index (χ0) is 13.2. The van der Waals surface area contributed by atoms with Crippen molar-refractivity contribution in [1.29, 1.82) is 0 Å². The highest BCUT2D eigenvalue weighted by Gasteiger charge is 2.42. The summed E-state index contributed by atoms with van der Waals surface area (Å²) in [6.45, 7) is -0.0472. The van der Waals surface area contributed by atoms with E-state index in [1.165, 1.54) is 16.8 Å². The van der Waals surface area contributed by atoms with Crippen molar-refractivity contribution in [3.8, 4) is 0 Å². The van der Waals surface area contributed by atoms with Crippen LogP contribution in [0, 0.1) is 5.41 Å². The number of rotatable bonds is 6. The normalized spacial score (nSPS) is 16.9. The first-order valence-electron chi connectivity index (χ1n) is 5.89. The van der Waals surface area contributed by atoms with Crippen LogP contribution in [0.4, 0.5) is 8.78 Å². The molecule has 1 heterocycles. The summed E-state index contributed by atoms with van der Waals surface area (Å²) in [5.41, 5.74) is 0.0412. The maximum atomic E-state index is 12.3. The number of alkyl halides is 2. The second-order valence-corrected chi connectivity index (χ2v) is 4.78. The molecule has 0 aromatic carbocycles. The van der Waals surface area contributed by atoms with E-state index in [0.717, 1.165) is 12.8 Å². The van der Waals surface area contributed by atoms with Crippen molar-refractivity contribution in [2.24, 2.45) is 5.41 Å². The largest absolute Gasteiger partial charge is 0.396 e. The number of carbonyl (C=O) groups is 1. The summed E-state index contributed by atoms with van der Waals surface area (Å²) in [5, 5.41) is 11.8. The lowest BCUT2D eigenvalue weighted by Gasteiger charge is -2.14. The molecule has 1 saturated carbocycles. The van der Waals surface area contributed by atoms with Gasteiger partial charge in [0, 0.05) is 18.2 Å². The Hall–Kier alpha value is -1.43. The van der Waals surface area contributed by atoms with Crippen LogP contribution in [0.1, 0.15) is 23.3 Å². The van der Waals surface area contributed by atoms with E-state index in [0.29, 0.717) is 6.54 Å².